The van der Waals surface area contributed by atoms with Crippen LogP contribution in [0.1, 0.15) is 17.7 Å². The van der Waals surface area contributed by atoms with Gasteiger partial charge in [-0.1, -0.05) is 72.8 Å². The van der Waals surface area contributed by atoms with E-state index >= 15 is 0 Å². The Bertz CT molecular complexity index is 1390. The van der Waals surface area contributed by atoms with Crippen LogP contribution in [0, 0.1) is 0 Å². The van der Waals surface area contributed by atoms with E-state index in [-0.39, 0.29) is 5.91 Å². The van der Waals surface area contributed by atoms with Crippen LogP contribution in [0.3, 0.4) is 0 Å². The lowest BCUT2D eigenvalue weighted by Gasteiger charge is -2.24. The van der Waals surface area contributed by atoms with Crippen LogP contribution in [0.5, 0.6) is 0 Å². The average Bonchev–Trinajstić information content (AvgIpc) is 3.43. The highest BCUT2D eigenvalue weighted by atomic mass is 16.3. The smallest absolute Gasteiger partial charge is 0.222 e. The van der Waals surface area contributed by atoms with Gasteiger partial charge in [-0.3, -0.25) is 4.79 Å². The maximum atomic E-state index is 12.7. The minimum absolute atomic E-state index is 0.0139. The molecule has 5 rings (SSSR count). The molecule has 0 saturated carbocycles. The summed E-state index contributed by atoms with van der Waals surface area (Å²) in [5.41, 5.74) is 2.87. The number of nitrogens with zero attached hydrogens (tertiary/aromatic N) is 3. The number of hydrogen-bond acceptors (Lipinski definition) is 5. The number of fused-ring (bicyclic) bond motifs is 1. The monoisotopic (exact) mass is 462 g/mol. The Hall–Kier alpha value is -4.45. The average molecular weight is 463 g/mol. The Labute approximate surface area is 204 Å². The van der Waals surface area contributed by atoms with Gasteiger partial charge in [0.25, 0.3) is 0 Å². The third kappa shape index (κ3) is 5.55. The topological polar surface area (TPSA) is 71.3 Å². The van der Waals surface area contributed by atoms with Crippen molar-refractivity contribution in [3.8, 4) is 11.4 Å². The van der Waals surface area contributed by atoms with E-state index in [0.717, 1.165) is 33.6 Å². The summed E-state index contributed by atoms with van der Waals surface area (Å²) in [6.45, 7) is 1.48. The Balaban J connectivity index is 1.43. The van der Waals surface area contributed by atoms with Crippen LogP contribution < -0.4 is 10.2 Å². The van der Waals surface area contributed by atoms with Crippen LogP contribution in [0.25, 0.3) is 22.3 Å². The van der Waals surface area contributed by atoms with Gasteiger partial charge in [-0.25, -0.2) is 9.97 Å². The maximum absolute atomic E-state index is 12.7. The molecule has 0 aliphatic heterocycles. The molecule has 6 nitrogen and oxygen atoms in total. The highest BCUT2D eigenvalue weighted by Gasteiger charge is 2.18. The van der Waals surface area contributed by atoms with E-state index < -0.39 is 0 Å². The zero-order valence-corrected chi connectivity index (χ0v) is 19.3. The second kappa shape index (κ2) is 10.7. The molecule has 5 aromatic rings. The molecule has 0 spiro atoms. The van der Waals surface area contributed by atoms with Crippen molar-refractivity contribution >= 4 is 22.6 Å². The van der Waals surface area contributed by atoms with Gasteiger partial charge in [-0.2, -0.15) is 0 Å². The zero-order valence-electron chi connectivity index (χ0n) is 19.3. The molecule has 0 radical (unpaired) electrons. The first kappa shape index (κ1) is 22.3. The SMILES string of the molecule is O=C(CCN(Cc1ccco1)c1nc(-c2ccccc2)nc2ccccc12)NCc1ccccc1. The number of para-hydroxylation sites is 1. The van der Waals surface area contributed by atoms with E-state index in [2.05, 4.69) is 10.2 Å². The van der Waals surface area contributed by atoms with Crippen molar-refractivity contribution in [3.05, 3.63) is 115 Å². The number of aromatic nitrogens is 2. The van der Waals surface area contributed by atoms with Crippen LogP contribution in [0.15, 0.2) is 108 Å². The van der Waals surface area contributed by atoms with Gasteiger partial charge in [0, 0.05) is 30.5 Å². The Kier molecular flexibility index (Phi) is 6.80. The van der Waals surface area contributed by atoms with Gasteiger partial charge in [0.15, 0.2) is 5.82 Å². The summed E-state index contributed by atoms with van der Waals surface area (Å²) in [5.74, 6) is 2.22. The fraction of sp³-hybridized carbons (Fsp3) is 0.138. The Morgan fingerprint density at radius 3 is 2.34 bits per heavy atom. The number of carbonyl (C=O) groups is 1. The van der Waals surface area contributed by atoms with Crippen molar-refractivity contribution in [1.82, 2.24) is 15.3 Å². The van der Waals surface area contributed by atoms with Crippen molar-refractivity contribution in [2.24, 2.45) is 0 Å². The van der Waals surface area contributed by atoms with E-state index in [1.54, 1.807) is 6.26 Å². The summed E-state index contributed by atoms with van der Waals surface area (Å²) in [5, 5.41) is 3.95. The summed E-state index contributed by atoms with van der Waals surface area (Å²) >= 11 is 0. The first-order valence-corrected chi connectivity index (χ1v) is 11.7. The summed E-state index contributed by atoms with van der Waals surface area (Å²) in [6.07, 6.45) is 1.99. The normalized spacial score (nSPS) is 10.9. The first-order chi connectivity index (χ1) is 17.3. The maximum Gasteiger partial charge on any atom is 0.222 e. The summed E-state index contributed by atoms with van der Waals surface area (Å²) in [7, 11) is 0. The molecule has 1 N–H and O–H groups in total. The van der Waals surface area contributed by atoms with Gasteiger partial charge in [-0.05, 0) is 29.8 Å². The molecule has 0 saturated heterocycles. The van der Waals surface area contributed by atoms with Crippen LogP contribution in [0.2, 0.25) is 0 Å². The highest BCUT2D eigenvalue weighted by Crippen LogP contribution is 2.29. The van der Waals surface area contributed by atoms with Crippen molar-refractivity contribution in [2.75, 3.05) is 11.4 Å². The lowest BCUT2D eigenvalue weighted by Crippen LogP contribution is -2.31. The number of nitrogens with one attached hydrogen (secondary N) is 1. The molecule has 0 atom stereocenters. The molecule has 35 heavy (non-hydrogen) atoms. The second-order valence-electron chi connectivity index (χ2n) is 8.27. The van der Waals surface area contributed by atoms with E-state index in [0.29, 0.717) is 31.9 Å². The fourth-order valence-electron chi connectivity index (χ4n) is 3.99. The predicted molar refractivity (Wildman–Crippen MR) is 138 cm³/mol. The van der Waals surface area contributed by atoms with Crippen LogP contribution in [-0.2, 0) is 17.9 Å². The number of hydrogen-bond donors (Lipinski definition) is 1. The zero-order chi connectivity index (χ0) is 23.9. The number of furan rings is 1. The van der Waals surface area contributed by atoms with Crippen molar-refractivity contribution in [2.45, 2.75) is 19.5 Å². The minimum atomic E-state index is -0.0139. The molecule has 2 heterocycles. The van der Waals surface area contributed by atoms with Gasteiger partial charge in [0.05, 0.1) is 18.3 Å². The van der Waals surface area contributed by atoms with Gasteiger partial charge in [0.1, 0.15) is 11.6 Å². The van der Waals surface area contributed by atoms with E-state index in [1.165, 1.54) is 0 Å². The van der Waals surface area contributed by atoms with Crippen molar-refractivity contribution in [3.63, 3.8) is 0 Å². The Morgan fingerprint density at radius 2 is 1.57 bits per heavy atom. The fourth-order valence-corrected chi connectivity index (χ4v) is 3.99. The molecule has 174 valence electrons. The molecule has 1 amide bonds. The molecule has 0 fully saturated rings. The van der Waals surface area contributed by atoms with Gasteiger partial charge >= 0.3 is 0 Å². The lowest BCUT2D eigenvalue weighted by atomic mass is 10.1. The van der Waals surface area contributed by atoms with Crippen molar-refractivity contribution < 1.29 is 9.21 Å². The first-order valence-electron chi connectivity index (χ1n) is 11.7. The molecule has 6 heteroatoms. The molecule has 2 aromatic heterocycles. The minimum Gasteiger partial charge on any atom is -0.467 e. The molecule has 3 aromatic carbocycles. The van der Waals surface area contributed by atoms with Gasteiger partial charge < -0.3 is 14.6 Å². The Morgan fingerprint density at radius 1 is 0.829 bits per heavy atom. The summed E-state index contributed by atoms with van der Waals surface area (Å²) < 4.78 is 5.64. The summed E-state index contributed by atoms with van der Waals surface area (Å²) in [6, 6.07) is 31.6. The van der Waals surface area contributed by atoms with E-state index in [4.69, 9.17) is 14.4 Å². The lowest BCUT2D eigenvalue weighted by molar-refractivity contribution is -0.121. The second-order valence-corrected chi connectivity index (χ2v) is 8.27. The standard InChI is InChI=1S/C29H26N4O2/c34-27(30-20-22-10-3-1-4-11-22)17-18-33(21-24-14-9-19-35-24)29-25-15-7-8-16-26(25)31-28(32-29)23-12-5-2-6-13-23/h1-16,19H,17-18,20-21H2,(H,30,34). The number of carbonyl (C=O) groups excluding carboxylic acids is 1. The molecular weight excluding hydrogens is 436 g/mol. The van der Waals surface area contributed by atoms with Gasteiger partial charge in [-0.15, -0.1) is 0 Å². The summed E-state index contributed by atoms with van der Waals surface area (Å²) in [4.78, 5) is 24.6. The van der Waals surface area contributed by atoms with Crippen LogP contribution in [0.4, 0.5) is 5.82 Å². The predicted octanol–water partition coefficient (Wildman–Crippen LogP) is 5.60. The molecule has 0 unspecified atom stereocenters. The van der Waals surface area contributed by atoms with Crippen molar-refractivity contribution in [1.29, 1.82) is 0 Å². The number of rotatable bonds is 9. The van der Waals surface area contributed by atoms with E-state index in [9.17, 15) is 4.79 Å². The number of anilines is 1. The van der Waals surface area contributed by atoms with E-state index in [1.807, 2.05) is 97.1 Å². The highest BCUT2D eigenvalue weighted by molar-refractivity contribution is 5.91. The van der Waals surface area contributed by atoms with Gasteiger partial charge in [0.2, 0.25) is 5.91 Å². The molecule has 0 bridgehead atoms. The third-order valence-electron chi connectivity index (χ3n) is 5.78. The molecule has 0 aliphatic carbocycles. The van der Waals surface area contributed by atoms with Crippen LogP contribution >= 0.6 is 0 Å². The molecule has 0 aliphatic rings. The third-order valence-corrected chi connectivity index (χ3v) is 5.78. The van der Waals surface area contributed by atoms with Crippen LogP contribution in [-0.4, -0.2) is 22.4 Å². The quantitative estimate of drug-likeness (QED) is 0.309. The number of amides is 1. The molecular formula is C29H26N4O2. The number of benzene rings is 3. The largest absolute Gasteiger partial charge is 0.467 e.